The molecule has 2 N–H and O–H groups in total. The van der Waals surface area contributed by atoms with Crippen LogP contribution in [-0.4, -0.2) is 10.2 Å². The summed E-state index contributed by atoms with van der Waals surface area (Å²) in [6, 6.07) is 10.9. The average molecular weight is 159 g/mol. The van der Waals surface area contributed by atoms with E-state index in [1.807, 2.05) is 6.07 Å². The van der Waals surface area contributed by atoms with Gasteiger partial charge < -0.3 is 10.2 Å². The second-order valence-electron chi connectivity index (χ2n) is 2.60. The third kappa shape index (κ3) is 0.975. The maximum atomic E-state index is 9.35. The van der Waals surface area contributed by atoms with E-state index in [0.717, 1.165) is 5.39 Å². The first-order valence-corrected chi connectivity index (χ1v) is 3.60. The van der Waals surface area contributed by atoms with Crippen molar-refractivity contribution in [1.29, 1.82) is 0 Å². The minimum atomic E-state index is 0.160. The Balaban J connectivity index is 2.86. The second-order valence-corrected chi connectivity index (χ2v) is 2.60. The van der Waals surface area contributed by atoms with Crippen LogP contribution in [0.25, 0.3) is 10.8 Å². The number of fused-ring (bicyclic) bond motifs is 1. The van der Waals surface area contributed by atoms with E-state index < -0.39 is 0 Å². The molecule has 0 bridgehead atoms. The maximum absolute atomic E-state index is 9.35. The Morgan fingerprint density at radius 1 is 1.17 bits per heavy atom. The average Bonchev–Trinajstić information content (AvgIpc) is 2.04. The van der Waals surface area contributed by atoms with Crippen molar-refractivity contribution in [2.24, 2.45) is 0 Å². The molecule has 2 rings (SSSR count). The van der Waals surface area contributed by atoms with Crippen LogP contribution in [0.3, 0.4) is 0 Å². The number of rotatable bonds is 0. The Labute approximate surface area is 69.7 Å². The smallest absolute Gasteiger partial charge is 0.124 e. The molecule has 0 aliphatic rings. The monoisotopic (exact) mass is 159 g/mol. The van der Waals surface area contributed by atoms with Gasteiger partial charge in [-0.2, -0.15) is 0 Å². The fraction of sp³-hybridized carbons (Fsp3) is 0. The van der Waals surface area contributed by atoms with E-state index in [9.17, 15) is 5.11 Å². The van der Waals surface area contributed by atoms with Crippen molar-refractivity contribution in [3.05, 3.63) is 36.4 Å². The summed E-state index contributed by atoms with van der Waals surface area (Å²) >= 11 is 0. The molecule has 0 saturated carbocycles. The number of phenolic OH excluding ortho intramolecular Hbond substituents is 2. The summed E-state index contributed by atoms with van der Waals surface area (Å²) in [6.45, 7) is 0. The van der Waals surface area contributed by atoms with Crippen molar-refractivity contribution in [2.45, 2.75) is 0 Å². The van der Waals surface area contributed by atoms with Crippen molar-refractivity contribution in [3.8, 4) is 11.5 Å². The van der Waals surface area contributed by atoms with Gasteiger partial charge >= 0.3 is 0 Å². The van der Waals surface area contributed by atoms with Crippen molar-refractivity contribution in [3.63, 3.8) is 0 Å². The van der Waals surface area contributed by atoms with Gasteiger partial charge in [0.25, 0.3) is 0 Å². The highest BCUT2D eigenvalue weighted by molar-refractivity contribution is 5.88. The Morgan fingerprint density at radius 3 is 2.83 bits per heavy atom. The summed E-state index contributed by atoms with van der Waals surface area (Å²) in [6.07, 6.45) is 0. The van der Waals surface area contributed by atoms with Crippen LogP contribution in [0.4, 0.5) is 0 Å². The highest BCUT2D eigenvalue weighted by Crippen LogP contribution is 2.26. The van der Waals surface area contributed by atoms with E-state index >= 15 is 0 Å². The standard InChI is InChI=1S/C10H7O2/c11-8-4-5-9-7(6-8)2-1-3-10(9)12/h1-4,6,11-12H. The molecule has 0 amide bonds. The molecule has 2 nitrogen and oxygen atoms in total. The normalized spacial score (nSPS) is 10.3. The minimum Gasteiger partial charge on any atom is -0.508 e. The quantitative estimate of drug-likeness (QED) is 0.617. The molecule has 0 aliphatic carbocycles. The summed E-state index contributed by atoms with van der Waals surface area (Å²) in [5.74, 6) is 0.348. The highest BCUT2D eigenvalue weighted by atomic mass is 16.3. The first-order chi connectivity index (χ1) is 5.77. The van der Waals surface area contributed by atoms with Crippen LogP contribution in [0.2, 0.25) is 0 Å². The lowest BCUT2D eigenvalue weighted by atomic mass is 10.1. The first kappa shape index (κ1) is 6.98. The zero-order valence-electron chi connectivity index (χ0n) is 6.28. The summed E-state index contributed by atoms with van der Waals surface area (Å²) in [5.41, 5.74) is 0. The lowest BCUT2D eigenvalue weighted by Crippen LogP contribution is -1.73. The molecular weight excluding hydrogens is 152 g/mol. The van der Waals surface area contributed by atoms with Crippen LogP contribution in [0.15, 0.2) is 30.3 Å². The molecule has 2 aromatic carbocycles. The van der Waals surface area contributed by atoms with Crippen LogP contribution in [0.5, 0.6) is 11.5 Å². The molecule has 0 aliphatic heterocycles. The molecule has 2 aromatic rings. The molecule has 12 heavy (non-hydrogen) atoms. The summed E-state index contributed by atoms with van der Waals surface area (Å²) in [4.78, 5) is 0. The fourth-order valence-electron chi connectivity index (χ4n) is 1.18. The Morgan fingerprint density at radius 2 is 2.00 bits per heavy atom. The molecule has 0 saturated heterocycles. The van der Waals surface area contributed by atoms with Gasteiger partial charge in [0.05, 0.1) is 0 Å². The molecule has 0 aromatic heterocycles. The topological polar surface area (TPSA) is 40.5 Å². The van der Waals surface area contributed by atoms with Crippen LogP contribution in [0, 0.1) is 6.07 Å². The van der Waals surface area contributed by atoms with E-state index in [2.05, 4.69) is 6.07 Å². The van der Waals surface area contributed by atoms with Crippen LogP contribution >= 0.6 is 0 Å². The van der Waals surface area contributed by atoms with Gasteiger partial charge in [0.2, 0.25) is 0 Å². The molecule has 2 heteroatoms. The Hall–Kier alpha value is -1.70. The molecule has 0 heterocycles. The fourth-order valence-corrected chi connectivity index (χ4v) is 1.18. The zero-order chi connectivity index (χ0) is 8.55. The van der Waals surface area contributed by atoms with Gasteiger partial charge in [-0.25, -0.2) is 0 Å². The minimum absolute atomic E-state index is 0.160. The van der Waals surface area contributed by atoms with E-state index in [1.165, 1.54) is 6.07 Å². The number of phenols is 2. The van der Waals surface area contributed by atoms with Crippen molar-refractivity contribution >= 4 is 10.8 Å². The number of hydrogen-bond donors (Lipinski definition) is 2. The summed E-state index contributed by atoms with van der Waals surface area (Å²) in [5, 5.41) is 19.9. The van der Waals surface area contributed by atoms with E-state index in [4.69, 9.17) is 5.11 Å². The molecule has 0 spiro atoms. The largest absolute Gasteiger partial charge is 0.508 e. The lowest BCUT2D eigenvalue weighted by molar-refractivity contribution is 0.475. The number of benzene rings is 2. The molecule has 59 valence electrons. The van der Waals surface area contributed by atoms with Gasteiger partial charge in [-0.1, -0.05) is 12.1 Å². The second kappa shape index (κ2) is 2.41. The van der Waals surface area contributed by atoms with Gasteiger partial charge in [-0.15, -0.1) is 0 Å². The predicted molar refractivity (Wildman–Crippen MR) is 46.1 cm³/mol. The molecule has 0 unspecified atom stereocenters. The Kier molecular flexibility index (Phi) is 1.40. The van der Waals surface area contributed by atoms with Crippen molar-refractivity contribution in [1.82, 2.24) is 0 Å². The third-order valence-electron chi connectivity index (χ3n) is 1.74. The SMILES string of the molecule is Oc1c[c]c2c(O)cccc2c1. The van der Waals surface area contributed by atoms with Gasteiger partial charge in [0, 0.05) is 5.39 Å². The number of aromatic hydroxyl groups is 2. The van der Waals surface area contributed by atoms with Crippen molar-refractivity contribution in [2.75, 3.05) is 0 Å². The zero-order valence-corrected chi connectivity index (χ0v) is 6.28. The van der Waals surface area contributed by atoms with Gasteiger partial charge in [-0.05, 0) is 29.7 Å². The van der Waals surface area contributed by atoms with E-state index in [-0.39, 0.29) is 11.5 Å². The van der Waals surface area contributed by atoms with Crippen molar-refractivity contribution < 1.29 is 10.2 Å². The van der Waals surface area contributed by atoms with Gasteiger partial charge in [0.1, 0.15) is 11.5 Å². The maximum Gasteiger partial charge on any atom is 0.124 e. The first-order valence-electron chi connectivity index (χ1n) is 3.60. The summed E-state index contributed by atoms with van der Waals surface area (Å²) < 4.78 is 0. The third-order valence-corrected chi connectivity index (χ3v) is 1.74. The highest BCUT2D eigenvalue weighted by Gasteiger charge is 1.98. The molecule has 1 radical (unpaired) electrons. The molecule has 0 atom stereocenters. The lowest BCUT2D eigenvalue weighted by Gasteiger charge is -1.99. The predicted octanol–water partition coefficient (Wildman–Crippen LogP) is 2.05. The van der Waals surface area contributed by atoms with Crippen LogP contribution < -0.4 is 0 Å². The Bertz CT molecular complexity index is 421. The van der Waals surface area contributed by atoms with E-state index in [0.29, 0.717) is 5.39 Å². The van der Waals surface area contributed by atoms with Gasteiger partial charge in [0.15, 0.2) is 0 Å². The molecular formula is C10H7O2. The van der Waals surface area contributed by atoms with Crippen LogP contribution in [0.1, 0.15) is 0 Å². The summed E-state index contributed by atoms with van der Waals surface area (Å²) in [7, 11) is 0. The number of hydrogen-bond acceptors (Lipinski definition) is 2. The van der Waals surface area contributed by atoms with Gasteiger partial charge in [-0.3, -0.25) is 0 Å². The molecule has 0 fully saturated rings. The van der Waals surface area contributed by atoms with Crippen LogP contribution in [-0.2, 0) is 0 Å². The van der Waals surface area contributed by atoms with E-state index in [1.54, 1.807) is 18.2 Å².